The second-order valence-corrected chi connectivity index (χ2v) is 6.91. The molecule has 3 N–H and O–H groups in total. The average Bonchev–Trinajstić information content (AvgIpc) is 3.06. The zero-order valence-corrected chi connectivity index (χ0v) is 15.4. The van der Waals surface area contributed by atoms with Gasteiger partial charge in [0.15, 0.2) is 0 Å². The van der Waals surface area contributed by atoms with E-state index in [0.717, 1.165) is 45.2 Å². The van der Waals surface area contributed by atoms with E-state index in [1.165, 1.54) is 5.56 Å². The fourth-order valence-electron chi connectivity index (χ4n) is 3.34. The molecule has 0 bridgehead atoms. The summed E-state index contributed by atoms with van der Waals surface area (Å²) in [4.78, 5) is 21.1. The van der Waals surface area contributed by atoms with Gasteiger partial charge in [-0.3, -0.25) is 4.79 Å². The third-order valence-electron chi connectivity index (χ3n) is 4.86. The lowest BCUT2D eigenvalue weighted by atomic mass is 9.89. The Morgan fingerprint density at radius 1 is 1.18 bits per heavy atom. The summed E-state index contributed by atoms with van der Waals surface area (Å²) < 4.78 is 37.8. The maximum atomic E-state index is 12.2. The Morgan fingerprint density at radius 2 is 1.79 bits per heavy atom. The van der Waals surface area contributed by atoms with Crippen molar-refractivity contribution in [3.63, 3.8) is 0 Å². The molecular formula is C19H25F3N2O4. The van der Waals surface area contributed by atoms with Gasteiger partial charge in [-0.25, -0.2) is 4.79 Å². The van der Waals surface area contributed by atoms with Crippen LogP contribution >= 0.6 is 0 Å². The molecule has 2 aliphatic rings. The zero-order valence-electron chi connectivity index (χ0n) is 15.4. The van der Waals surface area contributed by atoms with Gasteiger partial charge in [0.05, 0.1) is 5.60 Å². The lowest BCUT2D eigenvalue weighted by molar-refractivity contribution is -0.192. The van der Waals surface area contributed by atoms with Crippen LogP contribution in [0.2, 0.25) is 0 Å². The number of ether oxygens (including phenoxy) is 1. The molecule has 1 amide bonds. The van der Waals surface area contributed by atoms with Gasteiger partial charge in [0, 0.05) is 6.54 Å². The normalized spacial score (nSPS) is 20.9. The molecule has 2 heterocycles. The van der Waals surface area contributed by atoms with Gasteiger partial charge >= 0.3 is 12.1 Å². The van der Waals surface area contributed by atoms with Gasteiger partial charge in [-0.05, 0) is 50.8 Å². The second kappa shape index (κ2) is 9.88. The number of amides is 1. The van der Waals surface area contributed by atoms with E-state index in [0.29, 0.717) is 6.54 Å². The maximum Gasteiger partial charge on any atom is 0.490 e. The Kier molecular flexibility index (Phi) is 7.82. The Bertz CT molecular complexity index is 646. The molecule has 28 heavy (non-hydrogen) atoms. The van der Waals surface area contributed by atoms with E-state index in [1.54, 1.807) is 0 Å². The molecule has 2 fully saturated rings. The summed E-state index contributed by atoms with van der Waals surface area (Å²) >= 11 is 0. The summed E-state index contributed by atoms with van der Waals surface area (Å²) in [5, 5.41) is 13.5. The number of halogens is 3. The minimum Gasteiger partial charge on any atom is -0.475 e. The van der Waals surface area contributed by atoms with Crippen molar-refractivity contribution in [1.29, 1.82) is 0 Å². The quantitative estimate of drug-likeness (QED) is 0.719. The van der Waals surface area contributed by atoms with Crippen molar-refractivity contribution in [3.05, 3.63) is 35.9 Å². The van der Waals surface area contributed by atoms with Crippen LogP contribution in [-0.4, -0.2) is 54.5 Å². The summed E-state index contributed by atoms with van der Waals surface area (Å²) in [6, 6.07) is 10.2. The number of benzene rings is 1. The molecule has 1 aromatic carbocycles. The number of aliphatic carboxylic acids is 1. The molecule has 1 spiro atoms. The van der Waals surface area contributed by atoms with Crippen molar-refractivity contribution in [2.75, 3.05) is 19.6 Å². The van der Waals surface area contributed by atoms with Gasteiger partial charge in [0.2, 0.25) is 5.91 Å². The van der Waals surface area contributed by atoms with Crippen LogP contribution in [0, 0.1) is 0 Å². The van der Waals surface area contributed by atoms with Crippen molar-refractivity contribution < 1.29 is 32.6 Å². The van der Waals surface area contributed by atoms with Crippen molar-refractivity contribution in [3.8, 4) is 0 Å². The minimum absolute atomic E-state index is 0.0350. The van der Waals surface area contributed by atoms with Crippen LogP contribution in [0.5, 0.6) is 0 Å². The van der Waals surface area contributed by atoms with Gasteiger partial charge in [-0.1, -0.05) is 30.3 Å². The second-order valence-electron chi connectivity index (χ2n) is 6.91. The molecule has 1 aromatic rings. The third-order valence-corrected chi connectivity index (χ3v) is 4.86. The highest BCUT2D eigenvalue weighted by molar-refractivity contribution is 5.81. The Labute approximate surface area is 161 Å². The van der Waals surface area contributed by atoms with Crippen LogP contribution in [-0.2, 0) is 20.7 Å². The number of carbonyl (C=O) groups is 2. The number of hydrogen-bond donors (Lipinski definition) is 3. The molecule has 9 heteroatoms. The van der Waals surface area contributed by atoms with E-state index in [4.69, 9.17) is 14.6 Å². The Balaban J connectivity index is 0.000000345. The van der Waals surface area contributed by atoms with E-state index in [2.05, 4.69) is 22.8 Å². The van der Waals surface area contributed by atoms with E-state index in [-0.39, 0.29) is 17.6 Å². The first-order chi connectivity index (χ1) is 13.2. The van der Waals surface area contributed by atoms with Gasteiger partial charge in [-0.2, -0.15) is 13.2 Å². The number of piperidine rings is 1. The molecule has 2 aliphatic heterocycles. The topological polar surface area (TPSA) is 87.7 Å². The van der Waals surface area contributed by atoms with Gasteiger partial charge in [0.1, 0.15) is 6.10 Å². The highest BCUT2D eigenvalue weighted by Crippen LogP contribution is 2.37. The predicted octanol–water partition coefficient (Wildman–Crippen LogP) is 2.28. The van der Waals surface area contributed by atoms with Gasteiger partial charge in [0.25, 0.3) is 0 Å². The number of alkyl halides is 3. The smallest absolute Gasteiger partial charge is 0.475 e. The lowest BCUT2D eigenvalue weighted by Crippen LogP contribution is -2.44. The fourth-order valence-corrected chi connectivity index (χ4v) is 3.34. The number of carboxylic acid groups (broad SMARTS) is 1. The summed E-state index contributed by atoms with van der Waals surface area (Å²) in [7, 11) is 0. The first-order valence-corrected chi connectivity index (χ1v) is 9.22. The minimum atomic E-state index is -5.08. The molecule has 1 atom stereocenters. The predicted molar refractivity (Wildman–Crippen MR) is 95.8 cm³/mol. The van der Waals surface area contributed by atoms with Crippen LogP contribution in [0.1, 0.15) is 31.2 Å². The summed E-state index contributed by atoms with van der Waals surface area (Å²) in [5.41, 5.74) is 1.21. The summed E-state index contributed by atoms with van der Waals surface area (Å²) in [6.07, 6.45) is -0.530. The van der Waals surface area contributed by atoms with Crippen LogP contribution in [0.25, 0.3) is 0 Å². The number of carboxylic acids is 1. The third kappa shape index (κ3) is 6.79. The average molecular weight is 402 g/mol. The van der Waals surface area contributed by atoms with Gasteiger partial charge in [-0.15, -0.1) is 0 Å². The highest BCUT2D eigenvalue weighted by atomic mass is 19.4. The monoisotopic (exact) mass is 402 g/mol. The Hall–Kier alpha value is -2.13. The maximum absolute atomic E-state index is 12.2. The molecular weight excluding hydrogens is 377 g/mol. The standard InChI is InChI=1S/C17H24N2O2.C2HF3O2/c20-16(19-11-7-14-4-2-1-3-5-14)15-6-8-17(21-15)9-12-18-13-10-17;3-2(4,5)1(6)7/h1-5,15,18H,6-13H2,(H,19,20);(H,6,7). The van der Waals surface area contributed by atoms with E-state index < -0.39 is 12.1 Å². The van der Waals surface area contributed by atoms with Crippen LogP contribution in [0.3, 0.4) is 0 Å². The number of carbonyl (C=O) groups excluding carboxylic acids is 1. The van der Waals surface area contributed by atoms with Crippen LogP contribution in [0.4, 0.5) is 13.2 Å². The van der Waals surface area contributed by atoms with Crippen molar-refractivity contribution >= 4 is 11.9 Å². The number of rotatable bonds is 4. The van der Waals surface area contributed by atoms with Crippen molar-refractivity contribution in [2.45, 2.75) is 50.0 Å². The molecule has 0 aliphatic carbocycles. The largest absolute Gasteiger partial charge is 0.490 e. The van der Waals surface area contributed by atoms with Crippen molar-refractivity contribution in [2.24, 2.45) is 0 Å². The Morgan fingerprint density at radius 3 is 2.36 bits per heavy atom. The summed E-state index contributed by atoms with van der Waals surface area (Å²) in [6.45, 7) is 2.68. The van der Waals surface area contributed by atoms with Crippen molar-refractivity contribution in [1.82, 2.24) is 10.6 Å². The van der Waals surface area contributed by atoms with Crippen LogP contribution in [0.15, 0.2) is 30.3 Å². The molecule has 2 saturated heterocycles. The molecule has 0 aromatic heterocycles. The first-order valence-electron chi connectivity index (χ1n) is 9.22. The van der Waals surface area contributed by atoms with E-state index in [1.807, 2.05) is 18.2 Å². The number of nitrogens with one attached hydrogen (secondary N) is 2. The molecule has 0 radical (unpaired) electrons. The molecule has 6 nitrogen and oxygen atoms in total. The highest BCUT2D eigenvalue weighted by Gasteiger charge is 2.43. The first kappa shape index (κ1) is 22.2. The zero-order chi connectivity index (χ0) is 20.6. The number of hydrogen-bond acceptors (Lipinski definition) is 4. The van der Waals surface area contributed by atoms with E-state index in [9.17, 15) is 18.0 Å². The van der Waals surface area contributed by atoms with Crippen LogP contribution < -0.4 is 10.6 Å². The fraction of sp³-hybridized carbons (Fsp3) is 0.579. The molecule has 156 valence electrons. The molecule has 3 rings (SSSR count). The molecule has 0 saturated carbocycles. The SMILES string of the molecule is O=C(NCCc1ccccc1)C1CCC2(CCNCC2)O1.O=C(O)C(F)(F)F. The van der Waals surface area contributed by atoms with E-state index >= 15 is 0 Å². The lowest BCUT2D eigenvalue weighted by Gasteiger charge is -2.33. The molecule has 1 unspecified atom stereocenters. The summed E-state index contributed by atoms with van der Waals surface area (Å²) in [5.74, 6) is -2.70. The van der Waals surface area contributed by atoms with Gasteiger partial charge < -0.3 is 20.5 Å².